The molecule has 3 aliphatic rings. The average Bonchev–Trinajstić information content (AvgIpc) is 2.85. The van der Waals surface area contributed by atoms with E-state index in [0.717, 1.165) is 24.8 Å². The van der Waals surface area contributed by atoms with E-state index in [1.165, 1.54) is 4.90 Å². The first kappa shape index (κ1) is 18.9. The number of imide groups is 1. The van der Waals surface area contributed by atoms with Crippen LogP contribution in [0.25, 0.3) is 0 Å². The summed E-state index contributed by atoms with van der Waals surface area (Å²) in [6.45, 7) is 1.09. The highest BCUT2D eigenvalue weighted by Crippen LogP contribution is 2.39. The maximum Gasteiger partial charge on any atom is 0.328 e. The predicted molar refractivity (Wildman–Crippen MR) is 102 cm³/mol. The molecule has 0 atom stereocenters. The molecule has 1 saturated carbocycles. The van der Waals surface area contributed by atoms with Crippen molar-refractivity contribution in [1.82, 2.24) is 14.7 Å². The smallest absolute Gasteiger partial charge is 0.328 e. The summed E-state index contributed by atoms with van der Waals surface area (Å²) in [6, 6.07) is 9.27. The molecule has 7 nitrogen and oxygen atoms in total. The molecule has 1 spiro atoms. The third-order valence-electron chi connectivity index (χ3n) is 6.49. The van der Waals surface area contributed by atoms with E-state index in [2.05, 4.69) is 0 Å². The van der Waals surface area contributed by atoms with Crippen molar-refractivity contribution >= 4 is 17.8 Å². The lowest BCUT2D eigenvalue weighted by Crippen LogP contribution is -2.58. The number of carbonyl (C=O) groups is 3. The maximum atomic E-state index is 13.2. The van der Waals surface area contributed by atoms with Crippen molar-refractivity contribution in [2.45, 2.75) is 44.2 Å². The van der Waals surface area contributed by atoms with Gasteiger partial charge in [-0.2, -0.15) is 0 Å². The van der Waals surface area contributed by atoms with Gasteiger partial charge in [0, 0.05) is 25.6 Å². The summed E-state index contributed by atoms with van der Waals surface area (Å²) < 4.78 is 0. The highest BCUT2D eigenvalue weighted by atomic mass is 16.3. The molecule has 150 valence electrons. The summed E-state index contributed by atoms with van der Waals surface area (Å²) >= 11 is 0. The molecule has 1 aromatic rings. The fourth-order valence-corrected chi connectivity index (χ4v) is 4.56. The van der Waals surface area contributed by atoms with Crippen LogP contribution in [0.3, 0.4) is 0 Å². The third-order valence-corrected chi connectivity index (χ3v) is 6.49. The quantitative estimate of drug-likeness (QED) is 0.781. The minimum atomic E-state index is -0.918. The van der Waals surface area contributed by atoms with Crippen LogP contribution >= 0.6 is 0 Å². The van der Waals surface area contributed by atoms with E-state index in [1.807, 2.05) is 35.2 Å². The molecule has 1 aliphatic carbocycles. The van der Waals surface area contributed by atoms with E-state index in [0.29, 0.717) is 32.5 Å². The average molecular weight is 385 g/mol. The Labute approximate surface area is 164 Å². The van der Waals surface area contributed by atoms with Gasteiger partial charge in [-0.25, -0.2) is 4.79 Å². The van der Waals surface area contributed by atoms with Crippen LogP contribution in [0, 0.1) is 5.92 Å². The molecular formula is C21H27N3O4. The van der Waals surface area contributed by atoms with E-state index in [-0.39, 0.29) is 36.9 Å². The van der Waals surface area contributed by atoms with Crippen molar-refractivity contribution in [3.63, 3.8) is 0 Å². The number of amides is 4. The summed E-state index contributed by atoms with van der Waals surface area (Å²) in [5.74, 6) is 0.0965. The van der Waals surface area contributed by atoms with Crippen molar-refractivity contribution < 1.29 is 19.5 Å². The Kier molecular flexibility index (Phi) is 5.10. The highest BCUT2D eigenvalue weighted by molar-refractivity contribution is 6.07. The summed E-state index contributed by atoms with van der Waals surface area (Å²) in [4.78, 5) is 43.5. The predicted octanol–water partition coefficient (Wildman–Crippen LogP) is 1.60. The fourth-order valence-electron chi connectivity index (χ4n) is 4.56. The molecule has 4 amide bonds. The Morgan fingerprint density at radius 1 is 1.11 bits per heavy atom. The van der Waals surface area contributed by atoms with Gasteiger partial charge in [-0.1, -0.05) is 36.8 Å². The van der Waals surface area contributed by atoms with Crippen LogP contribution in [0.2, 0.25) is 0 Å². The van der Waals surface area contributed by atoms with Crippen LogP contribution in [0.1, 0.15) is 37.7 Å². The molecule has 2 saturated heterocycles. The Morgan fingerprint density at radius 2 is 1.79 bits per heavy atom. The number of carbonyl (C=O) groups excluding carboxylic acids is 3. The van der Waals surface area contributed by atoms with Crippen molar-refractivity contribution in [3.8, 4) is 0 Å². The van der Waals surface area contributed by atoms with Gasteiger partial charge in [-0.3, -0.25) is 14.5 Å². The fraction of sp³-hybridized carbons (Fsp3) is 0.571. The lowest BCUT2D eigenvalue weighted by molar-refractivity contribution is -0.145. The SMILES string of the molecule is O=C(C1CCC1)N1CCC2(CC1)C(=O)N(CCO)C(=O)N2Cc1ccccc1. The maximum absolute atomic E-state index is 13.2. The summed E-state index contributed by atoms with van der Waals surface area (Å²) in [6.07, 6.45) is 3.93. The van der Waals surface area contributed by atoms with Gasteiger partial charge in [0.05, 0.1) is 13.2 Å². The molecule has 2 aliphatic heterocycles. The Balaban J connectivity index is 1.56. The van der Waals surface area contributed by atoms with Gasteiger partial charge in [0.1, 0.15) is 5.54 Å². The largest absolute Gasteiger partial charge is 0.395 e. The van der Waals surface area contributed by atoms with Crippen LogP contribution in [0.4, 0.5) is 4.79 Å². The number of urea groups is 1. The first-order chi connectivity index (χ1) is 13.6. The standard InChI is InChI=1S/C21H27N3O4/c25-14-13-23-19(27)21(24(20(23)28)15-16-5-2-1-3-6-16)9-11-22(12-10-21)18(26)17-7-4-8-17/h1-3,5-6,17,25H,4,7-15H2. The molecule has 7 heteroatoms. The van der Waals surface area contributed by atoms with E-state index in [9.17, 15) is 19.5 Å². The van der Waals surface area contributed by atoms with Gasteiger partial charge < -0.3 is 14.9 Å². The van der Waals surface area contributed by atoms with E-state index in [4.69, 9.17) is 0 Å². The van der Waals surface area contributed by atoms with Gasteiger partial charge in [0.15, 0.2) is 0 Å². The molecule has 3 fully saturated rings. The highest BCUT2D eigenvalue weighted by Gasteiger charge is 2.58. The number of nitrogens with zero attached hydrogens (tertiary/aromatic N) is 3. The number of piperidine rings is 1. The van der Waals surface area contributed by atoms with Crippen LogP contribution in [-0.4, -0.2) is 69.4 Å². The summed E-state index contributed by atoms with van der Waals surface area (Å²) in [7, 11) is 0. The minimum Gasteiger partial charge on any atom is -0.395 e. The van der Waals surface area contributed by atoms with Gasteiger partial charge in [0.2, 0.25) is 5.91 Å². The first-order valence-corrected chi connectivity index (χ1v) is 10.1. The molecule has 1 N–H and O–H groups in total. The number of benzene rings is 1. The second-order valence-electron chi connectivity index (χ2n) is 8.02. The van der Waals surface area contributed by atoms with Crippen molar-refractivity contribution in [3.05, 3.63) is 35.9 Å². The zero-order valence-corrected chi connectivity index (χ0v) is 16.0. The van der Waals surface area contributed by atoms with Gasteiger partial charge in [-0.15, -0.1) is 0 Å². The zero-order valence-electron chi connectivity index (χ0n) is 16.0. The first-order valence-electron chi connectivity index (χ1n) is 10.1. The molecule has 0 bridgehead atoms. The molecule has 4 rings (SSSR count). The Bertz CT molecular complexity index is 754. The number of rotatable bonds is 5. The van der Waals surface area contributed by atoms with E-state index in [1.54, 1.807) is 4.90 Å². The number of β-amino-alcohol motifs (C(OH)–C–C–N with tert-alkyl or cyclic N) is 1. The van der Waals surface area contributed by atoms with Gasteiger partial charge in [0.25, 0.3) is 5.91 Å². The Hall–Kier alpha value is -2.41. The van der Waals surface area contributed by atoms with E-state index >= 15 is 0 Å². The lowest BCUT2D eigenvalue weighted by Gasteiger charge is -2.43. The molecule has 28 heavy (non-hydrogen) atoms. The van der Waals surface area contributed by atoms with E-state index < -0.39 is 5.54 Å². The lowest BCUT2D eigenvalue weighted by atomic mass is 9.81. The zero-order chi connectivity index (χ0) is 19.7. The third kappa shape index (κ3) is 3.07. The molecule has 0 aromatic heterocycles. The van der Waals surface area contributed by atoms with Gasteiger partial charge >= 0.3 is 6.03 Å². The molecule has 2 heterocycles. The molecule has 0 radical (unpaired) electrons. The summed E-state index contributed by atoms with van der Waals surface area (Å²) in [5, 5.41) is 9.32. The van der Waals surface area contributed by atoms with Gasteiger partial charge in [-0.05, 0) is 31.2 Å². The molecule has 0 unspecified atom stereocenters. The molecular weight excluding hydrogens is 358 g/mol. The van der Waals surface area contributed by atoms with Crippen LogP contribution in [0.15, 0.2) is 30.3 Å². The topological polar surface area (TPSA) is 81.2 Å². The number of aliphatic hydroxyl groups excluding tert-OH is 1. The minimum absolute atomic E-state index is 0.00935. The van der Waals surface area contributed by atoms with Crippen LogP contribution in [0.5, 0.6) is 0 Å². The van der Waals surface area contributed by atoms with Crippen molar-refractivity contribution in [2.75, 3.05) is 26.2 Å². The monoisotopic (exact) mass is 385 g/mol. The molecule has 1 aromatic carbocycles. The number of likely N-dealkylation sites (tertiary alicyclic amines) is 1. The van der Waals surface area contributed by atoms with Crippen LogP contribution in [-0.2, 0) is 16.1 Å². The second kappa shape index (κ2) is 7.54. The second-order valence-corrected chi connectivity index (χ2v) is 8.02. The number of hydrogen-bond acceptors (Lipinski definition) is 4. The normalized spacial score (nSPS) is 22.1. The Morgan fingerprint density at radius 3 is 2.36 bits per heavy atom. The number of aliphatic hydroxyl groups is 1. The summed E-state index contributed by atoms with van der Waals surface area (Å²) in [5.41, 5.74) is 0.0419. The number of hydrogen-bond donors (Lipinski definition) is 1. The van der Waals surface area contributed by atoms with Crippen molar-refractivity contribution in [2.24, 2.45) is 5.92 Å². The van der Waals surface area contributed by atoms with Crippen LogP contribution < -0.4 is 0 Å². The van der Waals surface area contributed by atoms with Crippen molar-refractivity contribution in [1.29, 1.82) is 0 Å².